The number of nitrogens with one attached hydrogen (secondary N) is 2. The minimum atomic E-state index is -4.56. The first-order valence-corrected chi connectivity index (χ1v) is 13.5. The van der Waals surface area contributed by atoms with Crippen molar-refractivity contribution in [2.75, 3.05) is 49.6 Å². The number of rotatable bonds is 4. The first-order valence-electron chi connectivity index (χ1n) is 13.1. The Bertz CT molecular complexity index is 1580. The second-order valence-electron chi connectivity index (χ2n) is 10.2. The fourth-order valence-corrected chi connectivity index (χ4v) is 5.87. The van der Waals surface area contributed by atoms with E-state index in [1.807, 2.05) is 17.9 Å². The van der Waals surface area contributed by atoms with Gasteiger partial charge in [-0.3, -0.25) is 14.2 Å². The van der Waals surface area contributed by atoms with E-state index in [1.165, 1.54) is 4.52 Å². The van der Waals surface area contributed by atoms with E-state index >= 15 is 0 Å². The Labute approximate surface area is 231 Å². The van der Waals surface area contributed by atoms with Gasteiger partial charge in [0.15, 0.2) is 5.82 Å². The molecule has 0 aliphatic carbocycles. The van der Waals surface area contributed by atoms with Crippen molar-refractivity contribution in [2.24, 2.45) is 0 Å². The highest BCUT2D eigenvalue weighted by Crippen LogP contribution is 2.42. The van der Waals surface area contributed by atoms with Crippen molar-refractivity contribution in [3.63, 3.8) is 0 Å². The van der Waals surface area contributed by atoms with Crippen LogP contribution in [0.4, 0.5) is 24.5 Å². The van der Waals surface area contributed by atoms with Gasteiger partial charge in [0.05, 0.1) is 35.2 Å². The third-order valence-corrected chi connectivity index (χ3v) is 7.91. The van der Waals surface area contributed by atoms with E-state index in [9.17, 15) is 22.8 Å². The van der Waals surface area contributed by atoms with E-state index in [-0.39, 0.29) is 28.0 Å². The number of amides is 1. The number of alkyl halides is 3. The van der Waals surface area contributed by atoms with Gasteiger partial charge in [0, 0.05) is 32.1 Å². The van der Waals surface area contributed by atoms with Crippen molar-refractivity contribution in [3.8, 4) is 0 Å². The first-order chi connectivity index (χ1) is 19.1. The summed E-state index contributed by atoms with van der Waals surface area (Å²) in [7, 11) is 0. The molecule has 212 valence electrons. The zero-order valence-corrected chi connectivity index (χ0v) is 22.3. The van der Waals surface area contributed by atoms with Gasteiger partial charge in [-0.25, -0.2) is 0 Å². The Balaban J connectivity index is 1.46. The van der Waals surface area contributed by atoms with Crippen LogP contribution in [0.15, 0.2) is 29.1 Å². The molecule has 1 aromatic carbocycles. The third-order valence-electron chi connectivity index (χ3n) is 7.60. The number of hydrogen-bond donors (Lipinski definition) is 2. The van der Waals surface area contributed by atoms with E-state index in [4.69, 9.17) is 21.3 Å². The van der Waals surface area contributed by atoms with E-state index in [2.05, 4.69) is 15.7 Å². The number of piperazine rings is 1. The molecule has 40 heavy (non-hydrogen) atoms. The van der Waals surface area contributed by atoms with Crippen molar-refractivity contribution < 1.29 is 22.7 Å². The summed E-state index contributed by atoms with van der Waals surface area (Å²) in [4.78, 5) is 34.3. The molecule has 2 aromatic heterocycles. The maximum Gasteiger partial charge on any atom is 0.416 e. The summed E-state index contributed by atoms with van der Waals surface area (Å²) in [5.74, 6) is -0.0101. The maximum atomic E-state index is 13.9. The predicted molar refractivity (Wildman–Crippen MR) is 143 cm³/mol. The van der Waals surface area contributed by atoms with Crippen molar-refractivity contribution in [1.82, 2.24) is 24.5 Å². The molecule has 2 atom stereocenters. The van der Waals surface area contributed by atoms with Crippen LogP contribution in [0.5, 0.6) is 0 Å². The van der Waals surface area contributed by atoms with Gasteiger partial charge in [-0.15, -0.1) is 5.10 Å². The van der Waals surface area contributed by atoms with Crippen LogP contribution in [-0.2, 0) is 15.7 Å². The molecule has 10 nitrogen and oxygen atoms in total. The number of carbonyl (C=O) groups is 1. The molecule has 0 saturated carbocycles. The molecule has 3 aliphatic rings. The Morgan fingerprint density at radius 2 is 2.02 bits per heavy atom. The number of anilines is 2. The SMILES string of the molecule is CC1CC(C(=O)Nc2ccc(C(F)(F)F)cc2Cl)n2c1c(N1CCNCC1)c(=O)n1nc(C3=CCOCC3)nc21. The number of benzene rings is 1. The van der Waals surface area contributed by atoms with Crippen LogP contribution in [0, 0.1) is 0 Å². The van der Waals surface area contributed by atoms with Gasteiger partial charge in [0.25, 0.3) is 5.56 Å². The lowest BCUT2D eigenvalue weighted by molar-refractivity contribution is -0.137. The van der Waals surface area contributed by atoms with Crippen LogP contribution in [-0.4, -0.2) is 64.5 Å². The van der Waals surface area contributed by atoms with E-state index < -0.39 is 23.7 Å². The number of nitrogens with zero attached hydrogens (tertiary/aromatic N) is 5. The smallest absolute Gasteiger partial charge is 0.377 e. The molecule has 2 unspecified atom stereocenters. The van der Waals surface area contributed by atoms with Gasteiger partial charge in [-0.1, -0.05) is 24.6 Å². The normalized spacial score (nSPS) is 21.4. The molecule has 3 aliphatic heterocycles. The fraction of sp³-hybridized carbons (Fsp3) is 0.462. The van der Waals surface area contributed by atoms with E-state index in [0.717, 1.165) is 23.8 Å². The number of hydrogen-bond acceptors (Lipinski definition) is 7. The number of carbonyl (C=O) groups excluding carboxylic acids is 1. The maximum absolute atomic E-state index is 13.9. The summed E-state index contributed by atoms with van der Waals surface area (Å²) in [5.41, 5.74) is 0.896. The summed E-state index contributed by atoms with van der Waals surface area (Å²) < 4.78 is 47.8. The lowest BCUT2D eigenvalue weighted by Gasteiger charge is -2.31. The van der Waals surface area contributed by atoms with E-state index in [1.54, 1.807) is 4.57 Å². The standard InChI is InChI=1S/C26H27ClF3N7O3/c1-14-12-19(23(38)32-18-3-2-16(13-17(18)27)26(28,29)30)36-20(14)21(35-8-6-31-7-9-35)24(39)37-25(36)33-22(34-37)15-4-10-40-11-5-15/h2-4,13-14,19,31H,5-12H2,1H3,(H,32,38). The topological polar surface area (TPSA) is 106 Å². The van der Waals surface area contributed by atoms with Crippen molar-refractivity contribution in [2.45, 2.75) is 37.9 Å². The van der Waals surface area contributed by atoms with Gasteiger partial charge < -0.3 is 20.3 Å². The first kappa shape index (κ1) is 26.8. The van der Waals surface area contributed by atoms with Crippen LogP contribution < -0.4 is 21.1 Å². The summed E-state index contributed by atoms with van der Waals surface area (Å²) in [6, 6.07) is 2.00. The zero-order chi connectivity index (χ0) is 28.2. The Kier molecular flexibility index (Phi) is 6.83. The molecule has 6 rings (SSSR count). The fourth-order valence-electron chi connectivity index (χ4n) is 5.64. The number of aromatic nitrogens is 4. The highest BCUT2D eigenvalue weighted by molar-refractivity contribution is 6.33. The minimum absolute atomic E-state index is 0.0645. The molecule has 2 N–H and O–H groups in total. The van der Waals surface area contributed by atoms with Crippen molar-refractivity contribution in [1.29, 1.82) is 0 Å². The Morgan fingerprint density at radius 3 is 2.70 bits per heavy atom. The predicted octanol–water partition coefficient (Wildman–Crippen LogP) is 3.46. The summed E-state index contributed by atoms with van der Waals surface area (Å²) in [6.45, 7) is 5.52. The van der Waals surface area contributed by atoms with Crippen molar-refractivity contribution >= 4 is 40.2 Å². The minimum Gasteiger partial charge on any atom is -0.377 e. The quantitative estimate of drug-likeness (QED) is 0.489. The number of fused-ring (bicyclic) bond motifs is 3. The van der Waals surface area contributed by atoms with Gasteiger partial charge in [-0.05, 0) is 36.6 Å². The molecular formula is C26H27ClF3N7O3. The molecule has 0 radical (unpaired) electrons. The molecule has 1 amide bonds. The molecule has 14 heteroatoms. The van der Waals surface area contributed by atoms with Crippen LogP contribution in [0.2, 0.25) is 5.02 Å². The Hall–Kier alpha value is -3.42. The van der Waals surface area contributed by atoms with Gasteiger partial charge in [0.2, 0.25) is 11.7 Å². The monoisotopic (exact) mass is 577 g/mol. The van der Waals surface area contributed by atoms with Crippen LogP contribution in [0.25, 0.3) is 11.4 Å². The second-order valence-corrected chi connectivity index (χ2v) is 10.6. The average molecular weight is 578 g/mol. The van der Waals surface area contributed by atoms with Crippen LogP contribution in [0.3, 0.4) is 0 Å². The zero-order valence-electron chi connectivity index (χ0n) is 21.6. The second kappa shape index (κ2) is 10.2. The summed E-state index contributed by atoms with van der Waals surface area (Å²) >= 11 is 6.13. The number of ether oxygens (including phenoxy) is 1. The molecular weight excluding hydrogens is 551 g/mol. The van der Waals surface area contributed by atoms with Crippen LogP contribution >= 0.6 is 11.6 Å². The molecule has 5 heterocycles. The molecule has 0 spiro atoms. The van der Waals surface area contributed by atoms with Gasteiger partial charge in [-0.2, -0.15) is 22.7 Å². The molecule has 0 bridgehead atoms. The molecule has 1 saturated heterocycles. The lowest BCUT2D eigenvalue weighted by atomic mass is 10.0. The number of halogens is 4. The molecule has 1 fully saturated rings. The van der Waals surface area contributed by atoms with Crippen molar-refractivity contribution in [3.05, 3.63) is 56.7 Å². The summed E-state index contributed by atoms with van der Waals surface area (Å²) in [5, 5.41) is 10.3. The molecule has 3 aromatic rings. The third kappa shape index (κ3) is 4.65. The van der Waals surface area contributed by atoms with Crippen LogP contribution in [0.1, 0.15) is 48.8 Å². The highest BCUT2D eigenvalue weighted by Gasteiger charge is 2.40. The Morgan fingerprint density at radius 1 is 1.25 bits per heavy atom. The van der Waals surface area contributed by atoms with E-state index in [0.29, 0.717) is 69.4 Å². The largest absolute Gasteiger partial charge is 0.416 e. The lowest BCUT2D eigenvalue weighted by Crippen LogP contribution is -2.46. The average Bonchev–Trinajstić information content (AvgIpc) is 3.53. The summed E-state index contributed by atoms with van der Waals surface area (Å²) in [6.07, 6.45) is -1.73. The highest BCUT2D eigenvalue weighted by atomic mass is 35.5. The van der Waals surface area contributed by atoms with Gasteiger partial charge >= 0.3 is 6.18 Å². The van der Waals surface area contributed by atoms with Gasteiger partial charge in [0.1, 0.15) is 11.7 Å².